The number of nitrogens with zero attached hydrogens (tertiary/aromatic N) is 1. The van der Waals surface area contributed by atoms with E-state index in [1.165, 1.54) is 36.4 Å². The molecule has 0 aliphatic rings. The minimum Gasteiger partial charge on any atom is -0.322 e. The fraction of sp³-hybridized carbons (Fsp3) is 0. The summed E-state index contributed by atoms with van der Waals surface area (Å²) in [7, 11) is -4.91. The Morgan fingerprint density at radius 1 is 0.967 bits per heavy atom. The van der Waals surface area contributed by atoms with Crippen LogP contribution >= 0.6 is 0 Å². The highest BCUT2D eigenvalue weighted by Gasteiger charge is 2.16. The van der Waals surface area contributed by atoms with Crippen LogP contribution in [0, 0.1) is 10.1 Å². The van der Waals surface area contributed by atoms with Gasteiger partial charge in [0.25, 0.3) is 11.6 Å². The number of amides is 1. The number of non-ortho nitro benzene ring substituents is 1. The predicted octanol–water partition coefficient (Wildman–Crippen LogP) is 4.43. The van der Waals surface area contributed by atoms with E-state index >= 15 is 0 Å². The van der Waals surface area contributed by atoms with Crippen molar-refractivity contribution in [3.8, 4) is 0 Å². The summed E-state index contributed by atoms with van der Waals surface area (Å²) in [5.41, 5.74) is 1.38. The highest BCUT2D eigenvalue weighted by Crippen LogP contribution is 2.23. The maximum Gasteiger partial charge on any atom is 0.332 e. The molecule has 0 aliphatic carbocycles. The molecule has 7 nitrogen and oxygen atoms in total. The van der Waals surface area contributed by atoms with Crippen molar-refractivity contribution in [1.29, 1.82) is 0 Å². The lowest BCUT2D eigenvalue weighted by Gasteiger charge is -2.10. The summed E-state index contributed by atoms with van der Waals surface area (Å²) in [6.45, 7) is 0. The molecule has 3 rings (SSSR count). The second-order valence-electron chi connectivity index (χ2n) is 6.19. The van der Waals surface area contributed by atoms with E-state index in [4.69, 9.17) is 0 Å². The molecule has 30 heavy (non-hydrogen) atoms. The van der Waals surface area contributed by atoms with Gasteiger partial charge in [0.15, 0.2) is 0 Å². The topological polar surface area (TPSA) is 106 Å². The van der Waals surface area contributed by atoms with Gasteiger partial charge >= 0.3 is 10.2 Å². The van der Waals surface area contributed by atoms with Gasteiger partial charge in [-0.3, -0.25) is 14.9 Å². The van der Waals surface area contributed by atoms with Crippen LogP contribution in [-0.4, -0.2) is 19.2 Å². The summed E-state index contributed by atoms with van der Waals surface area (Å²) in [5.74, 6) is -0.562. The Hall–Kier alpha value is -3.85. The quantitative estimate of drug-likeness (QED) is 0.206. The van der Waals surface area contributed by atoms with Crippen LogP contribution in [0.3, 0.4) is 0 Å². The molecule has 0 aromatic heterocycles. The summed E-state index contributed by atoms with van der Waals surface area (Å²) < 4.78 is 35.4. The Bertz CT molecular complexity index is 1220. The molecule has 0 radical (unpaired) electrons. The van der Waals surface area contributed by atoms with E-state index in [2.05, 4.69) is 5.32 Å². The van der Waals surface area contributed by atoms with E-state index in [1.54, 1.807) is 36.4 Å². The van der Waals surface area contributed by atoms with Crippen molar-refractivity contribution in [2.24, 2.45) is 0 Å². The second kappa shape index (κ2) is 8.66. The number of nitro benzene ring substituents is 1. The first kappa shape index (κ1) is 20.9. The summed E-state index contributed by atoms with van der Waals surface area (Å²) in [5, 5.41) is 13.4. The zero-order valence-corrected chi connectivity index (χ0v) is 16.2. The third-order valence-electron chi connectivity index (χ3n) is 4.12. The minimum absolute atomic E-state index is 0.0814. The van der Waals surface area contributed by atoms with Gasteiger partial charge in [-0.05, 0) is 47.5 Å². The van der Waals surface area contributed by atoms with Gasteiger partial charge in [0.05, 0.1) is 4.92 Å². The van der Waals surface area contributed by atoms with Crippen LogP contribution in [-0.2, 0) is 15.0 Å². The summed E-state index contributed by atoms with van der Waals surface area (Å²) in [4.78, 5) is 22.7. The molecule has 0 aliphatic heterocycles. The number of nitrogens with one attached hydrogen (secondary N) is 1. The van der Waals surface area contributed by atoms with Crippen LogP contribution in [0.1, 0.15) is 11.1 Å². The first-order valence-corrected chi connectivity index (χ1v) is 10.00. The normalized spacial score (nSPS) is 11.7. The van der Waals surface area contributed by atoms with E-state index in [0.717, 1.165) is 12.1 Å². The molecule has 0 atom stereocenters. The maximum atomic E-state index is 13.2. The van der Waals surface area contributed by atoms with E-state index in [-0.39, 0.29) is 16.9 Å². The summed E-state index contributed by atoms with van der Waals surface area (Å²) in [6, 6.07) is 19.2. The molecule has 3 aromatic rings. The fourth-order valence-electron chi connectivity index (χ4n) is 2.68. The van der Waals surface area contributed by atoms with Crippen molar-refractivity contribution in [3.63, 3.8) is 0 Å². The molecular formula is C21H15FN2O5S. The Morgan fingerprint density at radius 3 is 2.23 bits per heavy atom. The molecule has 0 saturated heterocycles. The molecule has 0 heterocycles. The molecule has 9 heteroatoms. The smallest absolute Gasteiger partial charge is 0.322 e. The van der Waals surface area contributed by atoms with Crippen LogP contribution < -0.4 is 5.32 Å². The summed E-state index contributed by atoms with van der Waals surface area (Å²) in [6.07, 6.45) is 1.55. The largest absolute Gasteiger partial charge is 0.332 e. The number of rotatable bonds is 6. The number of hydrogen-bond donors (Lipinski definition) is 1. The van der Waals surface area contributed by atoms with Crippen LogP contribution in [0.2, 0.25) is 0 Å². The lowest BCUT2D eigenvalue weighted by Crippen LogP contribution is -2.14. The Balaban J connectivity index is 1.97. The average molecular weight is 426 g/mol. The number of hydrogen-bond acceptors (Lipinski definition) is 5. The molecular weight excluding hydrogens is 411 g/mol. The van der Waals surface area contributed by atoms with Crippen molar-refractivity contribution in [2.45, 2.75) is 4.90 Å². The van der Waals surface area contributed by atoms with Gasteiger partial charge in [-0.15, -0.1) is 3.89 Å². The van der Waals surface area contributed by atoms with E-state index in [1.807, 2.05) is 0 Å². The first-order chi connectivity index (χ1) is 14.2. The van der Waals surface area contributed by atoms with Crippen LogP contribution in [0.25, 0.3) is 11.6 Å². The molecule has 0 bridgehead atoms. The van der Waals surface area contributed by atoms with Crippen molar-refractivity contribution in [2.75, 3.05) is 5.32 Å². The van der Waals surface area contributed by atoms with Gasteiger partial charge in [0.1, 0.15) is 4.90 Å². The lowest BCUT2D eigenvalue weighted by molar-refractivity contribution is -0.384. The van der Waals surface area contributed by atoms with Gasteiger partial charge in [-0.1, -0.05) is 36.4 Å². The standard InChI is InChI=1S/C21H15FN2O5S/c22-30(28,29)19-8-4-7-17(14-19)23-21(25)20(16-5-2-1-3-6-16)13-15-9-11-18(12-10-15)24(26)27/h1-14H,(H,23,25). The molecule has 0 unspecified atom stereocenters. The van der Waals surface area contributed by atoms with Crippen LogP contribution in [0.5, 0.6) is 0 Å². The molecule has 3 aromatic carbocycles. The van der Waals surface area contributed by atoms with Crippen LogP contribution in [0.4, 0.5) is 15.3 Å². The molecule has 0 saturated carbocycles. The average Bonchev–Trinajstić information content (AvgIpc) is 2.72. The molecule has 152 valence electrons. The second-order valence-corrected chi connectivity index (χ2v) is 7.54. The number of anilines is 1. The SMILES string of the molecule is O=C(Nc1cccc(S(=O)(=O)F)c1)C(=Cc1ccc([N+](=O)[O-])cc1)c1ccccc1. The third-order valence-corrected chi connectivity index (χ3v) is 4.93. The molecule has 0 fully saturated rings. The highest BCUT2D eigenvalue weighted by molar-refractivity contribution is 7.86. The number of halogens is 1. The number of nitro groups is 1. The minimum atomic E-state index is -4.91. The van der Waals surface area contributed by atoms with Crippen molar-refractivity contribution in [1.82, 2.24) is 0 Å². The number of carbonyl (C=O) groups excluding carboxylic acids is 1. The zero-order chi connectivity index (χ0) is 21.7. The summed E-state index contributed by atoms with van der Waals surface area (Å²) >= 11 is 0. The van der Waals surface area contributed by atoms with Gasteiger partial charge in [-0.2, -0.15) is 8.42 Å². The Kier molecular flexibility index (Phi) is 6.03. The van der Waals surface area contributed by atoms with Crippen molar-refractivity contribution >= 4 is 39.2 Å². The molecule has 0 spiro atoms. The van der Waals surface area contributed by atoms with E-state index in [9.17, 15) is 27.2 Å². The van der Waals surface area contributed by atoms with E-state index in [0.29, 0.717) is 11.1 Å². The van der Waals surface area contributed by atoms with Crippen molar-refractivity contribution in [3.05, 3.63) is 100 Å². The number of benzene rings is 3. The third kappa shape index (κ3) is 5.15. The zero-order valence-electron chi connectivity index (χ0n) is 15.4. The highest BCUT2D eigenvalue weighted by atomic mass is 32.3. The Labute approximate surface area is 171 Å². The van der Waals surface area contributed by atoms with Gasteiger partial charge in [0, 0.05) is 23.4 Å². The predicted molar refractivity (Wildman–Crippen MR) is 111 cm³/mol. The van der Waals surface area contributed by atoms with Gasteiger partial charge < -0.3 is 5.32 Å². The van der Waals surface area contributed by atoms with Gasteiger partial charge in [0.2, 0.25) is 0 Å². The monoisotopic (exact) mass is 426 g/mol. The molecule has 1 N–H and O–H groups in total. The number of carbonyl (C=O) groups is 1. The lowest BCUT2D eigenvalue weighted by atomic mass is 10.0. The Morgan fingerprint density at radius 2 is 1.63 bits per heavy atom. The molecule has 1 amide bonds. The fourth-order valence-corrected chi connectivity index (χ4v) is 3.19. The van der Waals surface area contributed by atoms with Crippen molar-refractivity contribution < 1.29 is 22.0 Å². The van der Waals surface area contributed by atoms with E-state index < -0.39 is 25.9 Å². The van der Waals surface area contributed by atoms with Gasteiger partial charge in [-0.25, -0.2) is 0 Å². The van der Waals surface area contributed by atoms with Crippen LogP contribution in [0.15, 0.2) is 83.8 Å². The maximum absolute atomic E-state index is 13.2. The first-order valence-electron chi connectivity index (χ1n) is 8.62.